The number of nitrogens with zero attached hydrogens (tertiary/aromatic N) is 3. The van der Waals surface area contributed by atoms with E-state index in [4.69, 9.17) is 5.26 Å². The molecular formula is C30H36N6O4. The second-order valence-corrected chi connectivity index (χ2v) is 10.7. The number of nitrogens with one attached hydrogen (secondary N) is 3. The summed E-state index contributed by atoms with van der Waals surface area (Å²) in [6.07, 6.45) is 4.71. The lowest BCUT2D eigenvalue weighted by Gasteiger charge is -2.33. The molecule has 0 unspecified atom stereocenters. The van der Waals surface area contributed by atoms with E-state index in [-0.39, 0.29) is 36.5 Å². The first-order valence-corrected chi connectivity index (χ1v) is 13.8. The molecule has 40 heavy (non-hydrogen) atoms. The predicted molar refractivity (Wildman–Crippen MR) is 152 cm³/mol. The molecule has 0 radical (unpaired) electrons. The maximum atomic E-state index is 13.1. The Morgan fingerprint density at radius 3 is 2.52 bits per heavy atom. The third-order valence-corrected chi connectivity index (χ3v) is 7.18. The second kappa shape index (κ2) is 13.1. The largest absolute Gasteiger partial charge is 0.348 e. The zero-order chi connectivity index (χ0) is 28.6. The van der Waals surface area contributed by atoms with Crippen molar-refractivity contribution >= 4 is 35.6 Å². The lowest BCUT2D eigenvalue weighted by atomic mass is 10.0. The van der Waals surface area contributed by atoms with Gasteiger partial charge < -0.3 is 20.9 Å². The standard InChI is InChI=1S/C30H36N6O4/c1-20(2)36(29(39)32-17-22-5-6-22)27-12-11-25(16-24(27)19-37)34-30(40)35-15-3-4-26(18-35)33-28(38)23-9-7-21(8-10-23)13-14-31/h7-12,16,19-20,22,26H,3-6,13,15,17-18H2,1-2H3,(H,32,39)(H,33,38)(H,34,40)/t26-/m1/s1. The molecule has 0 spiro atoms. The molecule has 1 aliphatic heterocycles. The quantitative estimate of drug-likeness (QED) is 0.404. The highest BCUT2D eigenvalue weighted by Crippen LogP contribution is 2.29. The summed E-state index contributed by atoms with van der Waals surface area (Å²) in [6, 6.07) is 13.0. The van der Waals surface area contributed by atoms with Crippen molar-refractivity contribution in [3.8, 4) is 6.07 Å². The van der Waals surface area contributed by atoms with Crippen LogP contribution in [0.4, 0.5) is 21.0 Å². The van der Waals surface area contributed by atoms with E-state index in [9.17, 15) is 19.2 Å². The number of benzene rings is 2. The Kier molecular flexibility index (Phi) is 9.38. The molecule has 1 atom stereocenters. The van der Waals surface area contributed by atoms with Gasteiger partial charge in [-0.25, -0.2) is 9.59 Å². The van der Waals surface area contributed by atoms with Crippen molar-refractivity contribution in [1.29, 1.82) is 5.26 Å². The van der Waals surface area contributed by atoms with Gasteiger partial charge in [0.1, 0.15) is 0 Å². The molecule has 1 aliphatic carbocycles. The van der Waals surface area contributed by atoms with Crippen LogP contribution in [0.25, 0.3) is 0 Å². The zero-order valence-electron chi connectivity index (χ0n) is 23.0. The molecular weight excluding hydrogens is 508 g/mol. The summed E-state index contributed by atoms with van der Waals surface area (Å²) in [7, 11) is 0. The summed E-state index contributed by atoms with van der Waals surface area (Å²) in [5, 5.41) is 17.6. The van der Waals surface area contributed by atoms with E-state index in [2.05, 4.69) is 22.0 Å². The Morgan fingerprint density at radius 1 is 1.12 bits per heavy atom. The lowest BCUT2D eigenvalue weighted by Crippen LogP contribution is -2.50. The van der Waals surface area contributed by atoms with Gasteiger partial charge in [-0.05, 0) is 81.3 Å². The number of aldehydes is 1. The molecule has 2 aromatic rings. The first-order chi connectivity index (χ1) is 19.3. The van der Waals surface area contributed by atoms with Gasteiger partial charge in [0.05, 0.1) is 18.2 Å². The van der Waals surface area contributed by atoms with Crippen molar-refractivity contribution in [3.63, 3.8) is 0 Å². The molecule has 2 aliphatic rings. The number of amides is 5. The molecule has 4 rings (SSSR count). The van der Waals surface area contributed by atoms with E-state index in [1.165, 1.54) is 0 Å². The van der Waals surface area contributed by atoms with Crippen LogP contribution in [0.5, 0.6) is 0 Å². The molecule has 1 saturated heterocycles. The smallest absolute Gasteiger partial charge is 0.322 e. The van der Waals surface area contributed by atoms with Crippen molar-refractivity contribution in [2.24, 2.45) is 5.92 Å². The highest BCUT2D eigenvalue weighted by molar-refractivity contribution is 6.00. The minimum Gasteiger partial charge on any atom is -0.348 e. The fraction of sp³-hybridized carbons (Fsp3) is 0.433. The Balaban J connectivity index is 1.37. The predicted octanol–water partition coefficient (Wildman–Crippen LogP) is 4.33. The Labute approximate surface area is 234 Å². The summed E-state index contributed by atoms with van der Waals surface area (Å²) in [6.45, 7) is 5.29. The minimum absolute atomic E-state index is 0.172. The van der Waals surface area contributed by atoms with Crippen LogP contribution in [0.15, 0.2) is 42.5 Å². The highest BCUT2D eigenvalue weighted by atomic mass is 16.2. The van der Waals surface area contributed by atoms with Gasteiger partial charge >= 0.3 is 12.1 Å². The molecule has 5 amide bonds. The number of hydrogen-bond acceptors (Lipinski definition) is 5. The van der Waals surface area contributed by atoms with Gasteiger partial charge in [0.25, 0.3) is 5.91 Å². The Bertz CT molecular complexity index is 1280. The Hall–Kier alpha value is -4.39. The van der Waals surface area contributed by atoms with E-state index >= 15 is 0 Å². The fourth-order valence-corrected chi connectivity index (χ4v) is 4.82. The normalized spacial score (nSPS) is 16.6. The van der Waals surface area contributed by atoms with Gasteiger partial charge in [-0.3, -0.25) is 14.5 Å². The number of nitriles is 1. The molecule has 3 N–H and O–H groups in total. The fourth-order valence-electron chi connectivity index (χ4n) is 4.82. The monoisotopic (exact) mass is 544 g/mol. The number of carbonyl (C=O) groups excluding carboxylic acids is 4. The van der Waals surface area contributed by atoms with E-state index < -0.39 is 0 Å². The average molecular weight is 545 g/mol. The molecule has 1 saturated carbocycles. The number of piperidine rings is 1. The van der Waals surface area contributed by atoms with Crippen LogP contribution >= 0.6 is 0 Å². The van der Waals surface area contributed by atoms with Crippen molar-refractivity contribution in [2.75, 3.05) is 29.9 Å². The van der Waals surface area contributed by atoms with Gasteiger partial charge in [-0.1, -0.05) is 12.1 Å². The van der Waals surface area contributed by atoms with Crippen LogP contribution in [-0.4, -0.2) is 60.9 Å². The molecule has 0 bridgehead atoms. The highest BCUT2D eigenvalue weighted by Gasteiger charge is 2.27. The van der Waals surface area contributed by atoms with E-state index in [0.29, 0.717) is 54.3 Å². The van der Waals surface area contributed by atoms with Crippen LogP contribution < -0.4 is 20.9 Å². The van der Waals surface area contributed by atoms with E-state index in [1.54, 1.807) is 52.3 Å². The van der Waals surface area contributed by atoms with Crippen molar-refractivity contribution < 1.29 is 19.2 Å². The number of urea groups is 2. The zero-order valence-corrected chi connectivity index (χ0v) is 23.0. The molecule has 2 fully saturated rings. The van der Waals surface area contributed by atoms with Gasteiger partial charge in [-0.15, -0.1) is 0 Å². The van der Waals surface area contributed by atoms with Gasteiger partial charge in [-0.2, -0.15) is 5.26 Å². The Morgan fingerprint density at radius 2 is 1.88 bits per heavy atom. The van der Waals surface area contributed by atoms with Crippen molar-refractivity contribution in [1.82, 2.24) is 15.5 Å². The second-order valence-electron chi connectivity index (χ2n) is 10.7. The molecule has 10 nitrogen and oxygen atoms in total. The number of carbonyl (C=O) groups is 4. The van der Waals surface area contributed by atoms with Crippen LogP contribution in [0, 0.1) is 17.2 Å². The summed E-state index contributed by atoms with van der Waals surface area (Å²) >= 11 is 0. The van der Waals surface area contributed by atoms with Crippen molar-refractivity contribution in [3.05, 3.63) is 59.2 Å². The summed E-state index contributed by atoms with van der Waals surface area (Å²) in [5.41, 5.74) is 2.58. The molecule has 1 heterocycles. The van der Waals surface area contributed by atoms with Gasteiger partial charge in [0.15, 0.2) is 6.29 Å². The number of anilines is 2. The lowest BCUT2D eigenvalue weighted by molar-refractivity contribution is 0.0912. The van der Waals surface area contributed by atoms with Crippen LogP contribution in [-0.2, 0) is 6.42 Å². The van der Waals surface area contributed by atoms with Crippen LogP contribution in [0.2, 0.25) is 0 Å². The molecule has 0 aromatic heterocycles. The number of hydrogen-bond donors (Lipinski definition) is 3. The topological polar surface area (TPSA) is 135 Å². The first kappa shape index (κ1) is 28.6. The SMILES string of the molecule is CC(C)N(C(=O)NCC1CC1)c1ccc(NC(=O)N2CCC[C@@H](NC(=O)c3ccc(CC#N)cc3)C2)cc1C=O. The molecule has 2 aromatic carbocycles. The third kappa shape index (κ3) is 7.38. The van der Waals surface area contributed by atoms with Crippen molar-refractivity contribution in [2.45, 2.75) is 58.0 Å². The van der Waals surface area contributed by atoms with E-state index in [0.717, 1.165) is 31.2 Å². The molecule has 10 heteroatoms. The molecule has 210 valence electrons. The van der Waals surface area contributed by atoms with Crippen LogP contribution in [0.1, 0.15) is 65.8 Å². The maximum absolute atomic E-state index is 13.1. The van der Waals surface area contributed by atoms with E-state index in [1.807, 2.05) is 13.8 Å². The van der Waals surface area contributed by atoms with Gasteiger partial charge in [0, 0.05) is 48.5 Å². The third-order valence-electron chi connectivity index (χ3n) is 7.18. The minimum atomic E-state index is -0.327. The first-order valence-electron chi connectivity index (χ1n) is 13.8. The number of likely N-dealkylation sites (tertiary alicyclic amines) is 1. The number of rotatable bonds is 9. The van der Waals surface area contributed by atoms with Gasteiger partial charge in [0.2, 0.25) is 0 Å². The van der Waals surface area contributed by atoms with Crippen LogP contribution in [0.3, 0.4) is 0 Å². The maximum Gasteiger partial charge on any atom is 0.322 e. The summed E-state index contributed by atoms with van der Waals surface area (Å²) in [4.78, 5) is 53.8. The average Bonchev–Trinajstić information content (AvgIpc) is 3.78. The summed E-state index contributed by atoms with van der Waals surface area (Å²) in [5.74, 6) is 0.309. The summed E-state index contributed by atoms with van der Waals surface area (Å²) < 4.78 is 0.